The number of rotatable bonds is 5. The molecule has 144 valence electrons. The van der Waals surface area contributed by atoms with Crippen molar-refractivity contribution in [3.63, 3.8) is 0 Å². The minimum absolute atomic E-state index is 0.0600. The second-order valence-corrected chi connectivity index (χ2v) is 6.93. The van der Waals surface area contributed by atoms with Crippen LogP contribution in [0.4, 0.5) is 5.69 Å². The molecule has 0 saturated heterocycles. The number of nitrogens with zero attached hydrogens (tertiary/aromatic N) is 3. The number of benzene rings is 3. The third-order valence-electron chi connectivity index (χ3n) is 4.66. The fourth-order valence-electron chi connectivity index (χ4n) is 3.17. The molecule has 3 aromatic carbocycles. The molecule has 7 heteroatoms. The number of hydrogen-bond donors (Lipinski definition) is 2. The molecule has 6 nitrogen and oxygen atoms in total. The minimum atomic E-state index is -0.995. The molecule has 0 aliphatic rings. The smallest absolute Gasteiger partial charge is 0.269 e. The van der Waals surface area contributed by atoms with Crippen LogP contribution in [0.5, 0.6) is 0 Å². The number of thiol groups is 1. The summed E-state index contributed by atoms with van der Waals surface area (Å²) >= 11 is 4.40. The Balaban J connectivity index is 1.68. The second kappa shape index (κ2) is 7.90. The van der Waals surface area contributed by atoms with Crippen LogP contribution in [0.2, 0.25) is 0 Å². The van der Waals surface area contributed by atoms with Crippen LogP contribution >= 0.6 is 12.8 Å². The lowest BCUT2D eigenvalue weighted by atomic mass is 9.99. The molecular weight excluding hydrogens is 386 g/mol. The summed E-state index contributed by atoms with van der Waals surface area (Å²) in [5.41, 5.74) is 3.56. The molecule has 1 N–H and O–H groups in total. The van der Waals surface area contributed by atoms with Gasteiger partial charge in [-0.15, -0.1) is 0 Å². The zero-order valence-corrected chi connectivity index (χ0v) is 16.1. The summed E-state index contributed by atoms with van der Waals surface area (Å²) in [7, 11) is 0. The predicted molar refractivity (Wildman–Crippen MR) is 117 cm³/mol. The molecule has 0 radical (unpaired) electrons. The van der Waals surface area contributed by atoms with Crippen molar-refractivity contribution >= 4 is 41.6 Å². The molecule has 1 unspecified atom stereocenters. The summed E-state index contributed by atoms with van der Waals surface area (Å²) in [5, 5.41) is 27.0. The number of nitro benzene ring substituents is 1. The van der Waals surface area contributed by atoms with E-state index in [1.54, 1.807) is 24.3 Å². The van der Waals surface area contributed by atoms with Crippen molar-refractivity contribution in [2.45, 2.75) is 6.10 Å². The first-order chi connectivity index (χ1) is 14.0. The van der Waals surface area contributed by atoms with Gasteiger partial charge in [0.2, 0.25) is 0 Å². The van der Waals surface area contributed by atoms with Crippen LogP contribution in [-0.4, -0.2) is 19.2 Å². The van der Waals surface area contributed by atoms with Crippen LogP contribution in [0.3, 0.4) is 0 Å². The maximum absolute atomic E-state index is 11.0. The highest BCUT2D eigenvalue weighted by Crippen LogP contribution is 2.29. The molecule has 0 aliphatic heterocycles. The molecule has 0 saturated carbocycles. The third-order valence-corrected chi connectivity index (χ3v) is 4.97. The first-order valence-corrected chi connectivity index (χ1v) is 9.30. The van der Waals surface area contributed by atoms with Gasteiger partial charge in [-0.3, -0.25) is 10.1 Å². The lowest BCUT2D eigenvalue weighted by Gasteiger charge is -2.11. The summed E-state index contributed by atoms with van der Waals surface area (Å²) in [6, 6.07) is 21.4. The molecule has 1 aromatic heterocycles. The molecule has 4 aromatic rings. The number of aliphatic hydroxyl groups excluding tert-OH is 1. The van der Waals surface area contributed by atoms with E-state index in [0.717, 1.165) is 22.2 Å². The van der Waals surface area contributed by atoms with Gasteiger partial charge in [-0.1, -0.05) is 60.7 Å². The molecule has 0 fully saturated rings. The molecular formula is C22H17N3O3S. The summed E-state index contributed by atoms with van der Waals surface area (Å²) in [5.74, 6) is 0. The Morgan fingerprint density at radius 1 is 1.00 bits per heavy atom. The average molecular weight is 403 g/mol. The summed E-state index contributed by atoms with van der Waals surface area (Å²) < 4.78 is 1.46. The van der Waals surface area contributed by atoms with E-state index >= 15 is 0 Å². The van der Waals surface area contributed by atoms with Gasteiger partial charge in [-0.05, 0) is 41.6 Å². The van der Waals surface area contributed by atoms with Crippen molar-refractivity contribution in [3.05, 3.63) is 105 Å². The maximum Gasteiger partial charge on any atom is 0.269 e. The van der Waals surface area contributed by atoms with E-state index in [9.17, 15) is 15.2 Å². The van der Waals surface area contributed by atoms with Gasteiger partial charge >= 0.3 is 0 Å². The number of hydrogen-bond acceptors (Lipinski definition) is 5. The van der Waals surface area contributed by atoms with Gasteiger partial charge in [0.05, 0.1) is 16.1 Å². The van der Waals surface area contributed by atoms with Crippen LogP contribution in [0.1, 0.15) is 28.5 Å². The van der Waals surface area contributed by atoms with Crippen LogP contribution in [-0.2, 0) is 0 Å². The molecule has 0 spiro atoms. The largest absolute Gasteiger partial charge is 0.384 e. The Hall–Kier alpha value is -3.42. The van der Waals surface area contributed by atoms with Gasteiger partial charge in [-0.25, -0.2) is 4.09 Å². The van der Waals surface area contributed by atoms with Crippen LogP contribution < -0.4 is 0 Å². The second-order valence-electron chi connectivity index (χ2n) is 6.55. The molecule has 0 aliphatic carbocycles. The van der Waals surface area contributed by atoms with Crippen LogP contribution in [0.15, 0.2) is 72.8 Å². The van der Waals surface area contributed by atoms with Gasteiger partial charge in [0, 0.05) is 17.5 Å². The zero-order valence-electron chi connectivity index (χ0n) is 15.2. The highest BCUT2D eigenvalue weighted by atomic mass is 32.1. The SMILES string of the molecule is O=[N+]([O-])c1cccc(C(O)c2ccc3c(/C=C/c4ccccc4)nn(S)c3c2)c1. The summed E-state index contributed by atoms with van der Waals surface area (Å²) in [4.78, 5) is 10.5. The topological polar surface area (TPSA) is 81.2 Å². The standard InChI is InChI=1S/C22H17N3O3S/c26-22(16-7-4-8-18(13-16)25(27)28)17-10-11-19-20(23-24(29)21(19)14-17)12-9-15-5-2-1-3-6-15/h1-14,22,26,29H/b12-9+. The van der Waals surface area contributed by atoms with Crippen molar-refractivity contribution in [3.8, 4) is 0 Å². The monoisotopic (exact) mass is 403 g/mol. The van der Waals surface area contributed by atoms with E-state index in [-0.39, 0.29) is 5.69 Å². The van der Waals surface area contributed by atoms with Gasteiger partial charge in [-0.2, -0.15) is 5.10 Å². The molecule has 0 amide bonds. The molecule has 1 heterocycles. The van der Waals surface area contributed by atoms with Crippen molar-refractivity contribution in [2.75, 3.05) is 0 Å². The van der Waals surface area contributed by atoms with Crippen molar-refractivity contribution in [2.24, 2.45) is 0 Å². The number of nitro groups is 1. The van der Waals surface area contributed by atoms with E-state index in [1.807, 2.05) is 48.6 Å². The van der Waals surface area contributed by atoms with Crippen molar-refractivity contribution in [1.29, 1.82) is 0 Å². The Morgan fingerprint density at radius 2 is 1.76 bits per heavy atom. The van der Waals surface area contributed by atoms with E-state index < -0.39 is 11.0 Å². The van der Waals surface area contributed by atoms with Gasteiger partial charge in [0.15, 0.2) is 0 Å². The van der Waals surface area contributed by atoms with Crippen molar-refractivity contribution < 1.29 is 10.0 Å². The normalized spacial score (nSPS) is 12.5. The Labute approximate surface area is 172 Å². The lowest BCUT2D eigenvalue weighted by Crippen LogP contribution is -2.01. The number of fused-ring (bicyclic) bond motifs is 1. The highest BCUT2D eigenvalue weighted by Gasteiger charge is 2.16. The third kappa shape index (κ3) is 3.91. The fraction of sp³-hybridized carbons (Fsp3) is 0.0455. The van der Waals surface area contributed by atoms with E-state index in [1.165, 1.54) is 16.2 Å². The number of aliphatic hydroxyl groups is 1. The fourth-order valence-corrected chi connectivity index (χ4v) is 3.44. The van der Waals surface area contributed by atoms with Crippen LogP contribution in [0, 0.1) is 10.1 Å². The maximum atomic E-state index is 11.0. The van der Waals surface area contributed by atoms with Gasteiger partial charge in [0.1, 0.15) is 6.10 Å². The highest BCUT2D eigenvalue weighted by molar-refractivity contribution is 7.78. The Morgan fingerprint density at radius 3 is 2.52 bits per heavy atom. The number of non-ortho nitro benzene ring substituents is 1. The zero-order chi connectivity index (χ0) is 20.4. The Bertz CT molecular complexity index is 1220. The predicted octanol–water partition coefficient (Wildman–Crippen LogP) is 4.89. The van der Waals surface area contributed by atoms with Gasteiger partial charge < -0.3 is 5.11 Å². The summed E-state index contributed by atoms with van der Waals surface area (Å²) in [6.07, 6.45) is 2.90. The molecule has 4 rings (SSSR count). The van der Waals surface area contributed by atoms with E-state index in [0.29, 0.717) is 11.1 Å². The van der Waals surface area contributed by atoms with Crippen molar-refractivity contribution in [1.82, 2.24) is 9.19 Å². The minimum Gasteiger partial charge on any atom is -0.384 e. The molecule has 0 bridgehead atoms. The molecule has 29 heavy (non-hydrogen) atoms. The van der Waals surface area contributed by atoms with E-state index in [2.05, 4.69) is 17.9 Å². The van der Waals surface area contributed by atoms with Crippen LogP contribution in [0.25, 0.3) is 23.1 Å². The first kappa shape index (κ1) is 18.9. The van der Waals surface area contributed by atoms with Gasteiger partial charge in [0.25, 0.3) is 5.69 Å². The first-order valence-electron chi connectivity index (χ1n) is 8.90. The Kier molecular flexibility index (Phi) is 5.16. The quantitative estimate of drug-likeness (QED) is 0.282. The molecule has 1 atom stereocenters. The number of aromatic nitrogens is 2. The lowest BCUT2D eigenvalue weighted by molar-refractivity contribution is -0.385. The summed E-state index contributed by atoms with van der Waals surface area (Å²) in [6.45, 7) is 0. The average Bonchev–Trinajstić information content (AvgIpc) is 3.07. The van der Waals surface area contributed by atoms with E-state index in [4.69, 9.17) is 0 Å².